The molecule has 0 spiro atoms. The molecule has 1 N–H and O–H groups in total. The fourth-order valence-corrected chi connectivity index (χ4v) is 4.37. The van der Waals surface area contributed by atoms with Crippen LogP contribution in [0.1, 0.15) is 16.7 Å². The summed E-state index contributed by atoms with van der Waals surface area (Å²) in [6.45, 7) is 4.05. The second kappa shape index (κ2) is 8.05. The second-order valence-corrected chi connectivity index (χ2v) is 8.60. The molecular formula is C23H19BrN2O2S. The molecule has 29 heavy (non-hydrogen) atoms. The van der Waals surface area contributed by atoms with Crippen molar-refractivity contribution in [1.82, 2.24) is 5.32 Å². The number of methoxy groups -OCH3 is 1. The maximum absolute atomic E-state index is 12.6. The number of nitrogens with zero attached hydrogens (tertiary/aromatic N) is 1. The van der Waals surface area contributed by atoms with Gasteiger partial charge < -0.3 is 10.1 Å². The third-order valence-corrected chi connectivity index (χ3v) is 6.89. The van der Waals surface area contributed by atoms with Gasteiger partial charge in [-0.2, -0.15) is 0 Å². The molecule has 6 heteroatoms. The van der Waals surface area contributed by atoms with Crippen molar-refractivity contribution in [2.45, 2.75) is 13.8 Å². The van der Waals surface area contributed by atoms with Gasteiger partial charge in [-0.1, -0.05) is 46.3 Å². The quantitative estimate of drug-likeness (QED) is 0.473. The van der Waals surface area contributed by atoms with Crippen molar-refractivity contribution in [3.05, 3.63) is 74.6 Å². The van der Waals surface area contributed by atoms with Crippen LogP contribution in [0.4, 0.5) is 5.69 Å². The fraction of sp³-hybridized carbons (Fsp3) is 0.130. The summed E-state index contributed by atoms with van der Waals surface area (Å²) in [6, 6.07) is 16.0. The highest BCUT2D eigenvalue weighted by Crippen LogP contribution is 2.35. The number of thioether (sulfide) groups is 1. The Labute approximate surface area is 182 Å². The van der Waals surface area contributed by atoms with Crippen LogP contribution in [0.25, 0.3) is 16.8 Å². The van der Waals surface area contributed by atoms with Gasteiger partial charge in [0, 0.05) is 10.0 Å². The molecule has 146 valence electrons. The molecule has 0 bridgehead atoms. The Morgan fingerprint density at radius 3 is 2.55 bits per heavy atom. The number of carbonyl (C=O) groups is 1. The summed E-state index contributed by atoms with van der Waals surface area (Å²) >= 11 is 4.91. The number of hydrogen-bond donors (Lipinski definition) is 1. The average Bonchev–Trinajstić information content (AvgIpc) is 3.05. The van der Waals surface area contributed by atoms with Gasteiger partial charge in [0.05, 0.1) is 17.7 Å². The average molecular weight is 467 g/mol. The first-order chi connectivity index (χ1) is 14.0. The third kappa shape index (κ3) is 3.95. The minimum atomic E-state index is -0.158. The van der Waals surface area contributed by atoms with Crippen molar-refractivity contribution in [2.24, 2.45) is 4.99 Å². The number of amidine groups is 1. The molecule has 1 amide bonds. The highest BCUT2D eigenvalue weighted by molar-refractivity contribution is 9.10. The number of rotatable bonds is 3. The molecule has 1 saturated heterocycles. The minimum absolute atomic E-state index is 0.158. The van der Waals surface area contributed by atoms with Crippen LogP contribution in [0.2, 0.25) is 0 Å². The highest BCUT2D eigenvalue weighted by atomic mass is 79.9. The van der Waals surface area contributed by atoms with Gasteiger partial charge in [0.25, 0.3) is 5.91 Å². The lowest BCUT2D eigenvalue weighted by Crippen LogP contribution is -2.19. The summed E-state index contributed by atoms with van der Waals surface area (Å²) in [5.41, 5.74) is 3.92. The van der Waals surface area contributed by atoms with Gasteiger partial charge >= 0.3 is 0 Å². The molecule has 1 aliphatic rings. The molecule has 1 heterocycles. The summed E-state index contributed by atoms with van der Waals surface area (Å²) < 4.78 is 6.62. The largest absolute Gasteiger partial charge is 0.496 e. The van der Waals surface area contributed by atoms with Crippen LogP contribution in [0.15, 0.2) is 62.9 Å². The van der Waals surface area contributed by atoms with E-state index in [0.717, 1.165) is 43.4 Å². The molecule has 3 aromatic carbocycles. The Hall–Kier alpha value is -2.57. The first kappa shape index (κ1) is 19.7. The van der Waals surface area contributed by atoms with Crippen LogP contribution in [-0.2, 0) is 4.79 Å². The Morgan fingerprint density at radius 1 is 1.10 bits per heavy atom. The van der Waals surface area contributed by atoms with Crippen LogP contribution in [0.5, 0.6) is 5.75 Å². The number of fused-ring (bicyclic) bond motifs is 1. The van der Waals surface area contributed by atoms with E-state index in [-0.39, 0.29) is 5.91 Å². The molecule has 4 nitrogen and oxygen atoms in total. The number of carbonyl (C=O) groups excluding carboxylic acids is 1. The predicted molar refractivity (Wildman–Crippen MR) is 125 cm³/mol. The Morgan fingerprint density at radius 2 is 1.83 bits per heavy atom. The molecule has 4 rings (SSSR count). The minimum Gasteiger partial charge on any atom is -0.496 e. The molecule has 0 saturated carbocycles. The van der Waals surface area contributed by atoms with Crippen molar-refractivity contribution in [3.63, 3.8) is 0 Å². The summed E-state index contributed by atoms with van der Waals surface area (Å²) in [5.74, 6) is 0.573. The SMILES string of the molecule is COc1ccc2ccccc2c1/C=C1/SC(=Nc2cc(C)c(Br)c(C)c2)NC1=O. The van der Waals surface area contributed by atoms with Crippen molar-refractivity contribution >= 4 is 61.3 Å². The van der Waals surface area contributed by atoms with Gasteiger partial charge in [-0.3, -0.25) is 4.79 Å². The van der Waals surface area contributed by atoms with Crippen LogP contribution < -0.4 is 10.1 Å². The fourth-order valence-electron chi connectivity index (χ4n) is 3.32. The monoisotopic (exact) mass is 466 g/mol. The number of nitrogens with one attached hydrogen (secondary N) is 1. The van der Waals surface area contributed by atoms with Gasteiger partial charge in [-0.25, -0.2) is 4.99 Å². The first-order valence-corrected chi connectivity index (χ1v) is 10.7. The number of ether oxygens (including phenoxy) is 1. The molecule has 0 aromatic heterocycles. The van der Waals surface area contributed by atoms with E-state index in [9.17, 15) is 4.79 Å². The molecule has 0 atom stereocenters. The van der Waals surface area contributed by atoms with Crippen LogP contribution >= 0.6 is 27.7 Å². The molecule has 1 fully saturated rings. The van der Waals surface area contributed by atoms with Crippen LogP contribution in [0, 0.1) is 13.8 Å². The number of aryl methyl sites for hydroxylation is 2. The van der Waals surface area contributed by atoms with E-state index < -0.39 is 0 Å². The number of aliphatic imine (C=N–C) groups is 1. The van der Waals surface area contributed by atoms with E-state index in [0.29, 0.717) is 10.1 Å². The maximum Gasteiger partial charge on any atom is 0.264 e. The van der Waals surface area contributed by atoms with E-state index in [4.69, 9.17) is 4.74 Å². The Balaban J connectivity index is 1.72. The van der Waals surface area contributed by atoms with Crippen LogP contribution in [-0.4, -0.2) is 18.2 Å². The lowest BCUT2D eigenvalue weighted by molar-refractivity contribution is -0.115. The summed E-state index contributed by atoms with van der Waals surface area (Å²) in [5, 5.41) is 5.57. The predicted octanol–water partition coefficient (Wildman–Crippen LogP) is 6.12. The zero-order valence-electron chi connectivity index (χ0n) is 16.2. The maximum atomic E-state index is 12.6. The number of halogens is 1. The van der Waals surface area contributed by atoms with E-state index in [1.54, 1.807) is 7.11 Å². The number of amides is 1. The van der Waals surface area contributed by atoms with Gasteiger partial charge in [0.1, 0.15) is 5.75 Å². The lowest BCUT2D eigenvalue weighted by Gasteiger charge is -2.09. The van der Waals surface area contributed by atoms with E-state index >= 15 is 0 Å². The zero-order valence-corrected chi connectivity index (χ0v) is 18.6. The summed E-state index contributed by atoms with van der Waals surface area (Å²) in [4.78, 5) is 17.8. The molecule has 1 aliphatic heterocycles. The van der Waals surface area contributed by atoms with Crippen molar-refractivity contribution in [1.29, 1.82) is 0 Å². The standard InChI is InChI=1S/C23H19BrN2O2S/c1-13-10-16(11-14(2)21(13)24)25-23-26-22(27)20(29-23)12-18-17-7-5-4-6-15(17)8-9-19(18)28-3/h4-12H,1-3H3,(H,25,26,27)/b20-12+. The van der Waals surface area contributed by atoms with E-state index in [2.05, 4.69) is 26.2 Å². The first-order valence-electron chi connectivity index (χ1n) is 9.08. The Bertz CT molecular complexity index is 1180. The molecule has 0 unspecified atom stereocenters. The third-order valence-electron chi connectivity index (χ3n) is 4.73. The van der Waals surface area contributed by atoms with Gasteiger partial charge in [0.15, 0.2) is 5.17 Å². The smallest absolute Gasteiger partial charge is 0.264 e. The normalized spacial score (nSPS) is 16.6. The van der Waals surface area contributed by atoms with E-state index in [1.165, 1.54) is 11.8 Å². The Kier molecular flexibility index (Phi) is 5.48. The van der Waals surface area contributed by atoms with Crippen molar-refractivity contribution < 1.29 is 9.53 Å². The summed E-state index contributed by atoms with van der Waals surface area (Å²) in [7, 11) is 1.64. The zero-order chi connectivity index (χ0) is 20.5. The molecule has 0 radical (unpaired) electrons. The van der Waals surface area contributed by atoms with E-state index in [1.807, 2.05) is 68.5 Å². The van der Waals surface area contributed by atoms with Gasteiger partial charge in [-0.05, 0) is 71.8 Å². The number of hydrogen-bond acceptors (Lipinski definition) is 4. The van der Waals surface area contributed by atoms with Gasteiger partial charge in [-0.15, -0.1) is 0 Å². The van der Waals surface area contributed by atoms with Crippen LogP contribution in [0.3, 0.4) is 0 Å². The molecule has 0 aliphatic carbocycles. The number of benzene rings is 3. The van der Waals surface area contributed by atoms with Crippen molar-refractivity contribution in [2.75, 3.05) is 7.11 Å². The van der Waals surface area contributed by atoms with Gasteiger partial charge in [0.2, 0.25) is 0 Å². The molecule has 3 aromatic rings. The summed E-state index contributed by atoms with van der Waals surface area (Å²) in [6.07, 6.45) is 1.88. The highest BCUT2D eigenvalue weighted by Gasteiger charge is 2.25. The topological polar surface area (TPSA) is 50.7 Å². The second-order valence-electron chi connectivity index (χ2n) is 6.78. The van der Waals surface area contributed by atoms with Crippen molar-refractivity contribution in [3.8, 4) is 5.75 Å². The molecular weight excluding hydrogens is 448 g/mol. The lowest BCUT2D eigenvalue weighted by atomic mass is 10.0.